The highest BCUT2D eigenvalue weighted by Gasteiger charge is 2.50. The maximum atomic E-state index is 13.1. The van der Waals surface area contributed by atoms with E-state index in [9.17, 15) is 9.18 Å². The molecule has 0 spiro atoms. The molecule has 2 aromatic heterocycles. The minimum atomic E-state index is -0.486. The number of hydrogen-bond donors (Lipinski definition) is 1. The van der Waals surface area contributed by atoms with Crippen LogP contribution in [0.15, 0.2) is 48.7 Å². The Balaban J connectivity index is 1.41. The van der Waals surface area contributed by atoms with Crippen LogP contribution in [0, 0.1) is 5.82 Å². The average molecular weight is 324 g/mol. The zero-order chi connectivity index (χ0) is 16.6. The van der Waals surface area contributed by atoms with Crippen LogP contribution < -0.4 is 5.32 Å². The van der Waals surface area contributed by atoms with Gasteiger partial charge in [0.1, 0.15) is 11.6 Å². The van der Waals surface area contributed by atoms with Crippen LogP contribution in [0.5, 0.6) is 0 Å². The molecule has 1 fully saturated rings. The first-order valence-electron chi connectivity index (χ1n) is 8.02. The van der Waals surface area contributed by atoms with E-state index in [1.165, 1.54) is 12.1 Å². The Hall–Kier alpha value is -2.76. The monoisotopic (exact) mass is 324 g/mol. The summed E-state index contributed by atoms with van der Waals surface area (Å²) in [6.45, 7) is 0.497. The van der Waals surface area contributed by atoms with Crippen LogP contribution in [0.25, 0.3) is 5.65 Å². The van der Waals surface area contributed by atoms with Crippen LogP contribution in [0.1, 0.15) is 24.2 Å². The summed E-state index contributed by atoms with van der Waals surface area (Å²) >= 11 is 0. The van der Waals surface area contributed by atoms with Crippen LogP contribution in [-0.4, -0.2) is 27.0 Å². The third-order valence-corrected chi connectivity index (χ3v) is 4.60. The van der Waals surface area contributed by atoms with Gasteiger partial charge < -0.3 is 5.32 Å². The smallest absolute Gasteiger partial charge is 0.230 e. The van der Waals surface area contributed by atoms with Gasteiger partial charge in [0.25, 0.3) is 0 Å². The minimum Gasteiger partial charge on any atom is -0.355 e. The van der Waals surface area contributed by atoms with Gasteiger partial charge in [-0.3, -0.25) is 9.20 Å². The molecular formula is C18H17FN4O. The van der Waals surface area contributed by atoms with E-state index in [0.29, 0.717) is 13.0 Å². The SMILES string of the molecule is O=C(NCCc1nnc2ccccn12)C1(c2ccc(F)cc2)CC1. The highest BCUT2D eigenvalue weighted by molar-refractivity contribution is 5.91. The van der Waals surface area contributed by atoms with Crippen molar-refractivity contribution in [1.82, 2.24) is 19.9 Å². The molecule has 5 nitrogen and oxygen atoms in total. The number of hydrogen-bond acceptors (Lipinski definition) is 3. The van der Waals surface area contributed by atoms with Crippen molar-refractivity contribution >= 4 is 11.6 Å². The van der Waals surface area contributed by atoms with Gasteiger partial charge in [0.2, 0.25) is 5.91 Å². The van der Waals surface area contributed by atoms with E-state index in [2.05, 4.69) is 15.5 Å². The van der Waals surface area contributed by atoms with Crippen molar-refractivity contribution in [3.8, 4) is 0 Å². The van der Waals surface area contributed by atoms with Gasteiger partial charge in [0.05, 0.1) is 5.41 Å². The number of nitrogens with zero attached hydrogens (tertiary/aromatic N) is 3. The lowest BCUT2D eigenvalue weighted by atomic mass is 9.95. The zero-order valence-electron chi connectivity index (χ0n) is 13.1. The second-order valence-corrected chi connectivity index (χ2v) is 6.14. The first-order valence-corrected chi connectivity index (χ1v) is 8.02. The van der Waals surface area contributed by atoms with Crippen molar-refractivity contribution in [2.75, 3.05) is 6.54 Å². The molecule has 1 aromatic carbocycles. The fourth-order valence-electron chi connectivity index (χ4n) is 3.06. The molecule has 122 valence electrons. The number of halogens is 1. The van der Waals surface area contributed by atoms with Gasteiger partial charge in [-0.1, -0.05) is 18.2 Å². The molecule has 0 aliphatic heterocycles. The number of fused-ring (bicyclic) bond motifs is 1. The zero-order valence-corrected chi connectivity index (χ0v) is 13.1. The van der Waals surface area contributed by atoms with Crippen LogP contribution in [0.4, 0.5) is 4.39 Å². The largest absolute Gasteiger partial charge is 0.355 e. The predicted octanol–water partition coefficient (Wildman–Crippen LogP) is 2.26. The Bertz CT molecular complexity index is 883. The molecule has 0 radical (unpaired) electrons. The van der Waals surface area contributed by atoms with Gasteiger partial charge >= 0.3 is 0 Å². The van der Waals surface area contributed by atoms with E-state index in [4.69, 9.17) is 0 Å². The molecule has 1 saturated carbocycles. The van der Waals surface area contributed by atoms with E-state index < -0.39 is 5.41 Å². The lowest BCUT2D eigenvalue weighted by Gasteiger charge is -2.15. The molecule has 1 amide bonds. The number of aromatic nitrogens is 3. The summed E-state index contributed by atoms with van der Waals surface area (Å²) in [7, 11) is 0. The van der Waals surface area contributed by atoms with Crippen molar-refractivity contribution < 1.29 is 9.18 Å². The molecule has 24 heavy (non-hydrogen) atoms. The average Bonchev–Trinajstić information content (AvgIpc) is 3.32. The number of pyridine rings is 1. The molecule has 1 aliphatic carbocycles. The minimum absolute atomic E-state index is 0.00271. The number of amides is 1. The lowest BCUT2D eigenvalue weighted by Crippen LogP contribution is -2.36. The van der Waals surface area contributed by atoms with E-state index in [1.54, 1.807) is 12.1 Å². The molecule has 0 saturated heterocycles. The van der Waals surface area contributed by atoms with E-state index in [1.807, 2.05) is 28.8 Å². The van der Waals surface area contributed by atoms with Gasteiger partial charge in [-0.15, -0.1) is 10.2 Å². The summed E-state index contributed by atoms with van der Waals surface area (Å²) in [5, 5.41) is 11.2. The topological polar surface area (TPSA) is 59.3 Å². The van der Waals surface area contributed by atoms with Gasteiger partial charge in [0, 0.05) is 19.2 Å². The Morgan fingerprint density at radius 1 is 1.17 bits per heavy atom. The normalized spacial score (nSPS) is 15.4. The van der Waals surface area contributed by atoms with Gasteiger partial charge in [-0.25, -0.2) is 4.39 Å². The molecule has 4 rings (SSSR count). The molecule has 1 N–H and O–H groups in total. The van der Waals surface area contributed by atoms with Crippen molar-refractivity contribution in [1.29, 1.82) is 0 Å². The number of nitrogens with one attached hydrogen (secondary N) is 1. The molecule has 6 heteroatoms. The second-order valence-electron chi connectivity index (χ2n) is 6.14. The van der Waals surface area contributed by atoms with Gasteiger partial charge in [-0.2, -0.15) is 0 Å². The fraction of sp³-hybridized carbons (Fsp3) is 0.278. The highest BCUT2D eigenvalue weighted by atomic mass is 19.1. The molecule has 0 bridgehead atoms. The summed E-state index contributed by atoms with van der Waals surface area (Å²) in [6, 6.07) is 11.9. The Labute approximate surface area is 138 Å². The van der Waals surface area contributed by atoms with Gasteiger partial charge in [-0.05, 0) is 42.7 Å². The number of benzene rings is 1. The standard InChI is InChI=1S/C18H17FN4O/c19-14-6-4-13(5-7-14)18(9-10-18)17(24)20-11-8-16-22-21-15-3-1-2-12-23(15)16/h1-7,12H,8-11H2,(H,20,24). The van der Waals surface area contributed by atoms with Crippen LogP contribution in [0.2, 0.25) is 0 Å². The molecular weight excluding hydrogens is 307 g/mol. The van der Waals surface area contributed by atoms with E-state index in [0.717, 1.165) is 29.9 Å². The Morgan fingerprint density at radius 2 is 1.96 bits per heavy atom. The molecule has 3 aromatic rings. The number of carbonyl (C=O) groups excluding carboxylic acids is 1. The maximum absolute atomic E-state index is 13.1. The second kappa shape index (κ2) is 5.70. The summed E-state index contributed by atoms with van der Waals surface area (Å²) in [5.74, 6) is 0.536. The maximum Gasteiger partial charge on any atom is 0.230 e. The van der Waals surface area contributed by atoms with Crippen molar-refractivity contribution in [2.24, 2.45) is 0 Å². The van der Waals surface area contributed by atoms with Crippen molar-refractivity contribution in [2.45, 2.75) is 24.7 Å². The number of carbonyl (C=O) groups is 1. The molecule has 1 aliphatic rings. The summed E-state index contributed by atoms with van der Waals surface area (Å²) < 4.78 is 15.0. The van der Waals surface area contributed by atoms with Crippen molar-refractivity contribution in [3.05, 3.63) is 65.9 Å². The van der Waals surface area contributed by atoms with E-state index >= 15 is 0 Å². The van der Waals surface area contributed by atoms with Crippen LogP contribution >= 0.6 is 0 Å². The first-order chi connectivity index (χ1) is 11.7. The molecule has 0 unspecified atom stereocenters. The Morgan fingerprint density at radius 3 is 2.71 bits per heavy atom. The first kappa shape index (κ1) is 14.8. The number of rotatable bonds is 5. The summed E-state index contributed by atoms with van der Waals surface area (Å²) in [5.41, 5.74) is 1.19. The van der Waals surface area contributed by atoms with Crippen LogP contribution in [-0.2, 0) is 16.6 Å². The molecule has 2 heterocycles. The third kappa shape index (κ3) is 2.54. The quantitative estimate of drug-likeness (QED) is 0.783. The highest BCUT2D eigenvalue weighted by Crippen LogP contribution is 2.48. The third-order valence-electron chi connectivity index (χ3n) is 4.60. The predicted molar refractivity (Wildman–Crippen MR) is 87.0 cm³/mol. The Kier molecular flexibility index (Phi) is 3.52. The fourth-order valence-corrected chi connectivity index (χ4v) is 3.06. The summed E-state index contributed by atoms with van der Waals surface area (Å²) in [4.78, 5) is 12.6. The lowest BCUT2D eigenvalue weighted by molar-refractivity contribution is -0.123. The van der Waals surface area contributed by atoms with E-state index in [-0.39, 0.29) is 11.7 Å². The van der Waals surface area contributed by atoms with Gasteiger partial charge in [0.15, 0.2) is 5.65 Å². The molecule has 0 atom stereocenters. The summed E-state index contributed by atoms with van der Waals surface area (Å²) in [6.07, 6.45) is 4.13. The van der Waals surface area contributed by atoms with Crippen LogP contribution in [0.3, 0.4) is 0 Å². The van der Waals surface area contributed by atoms with Crippen molar-refractivity contribution in [3.63, 3.8) is 0 Å².